The van der Waals surface area contributed by atoms with Crippen LogP contribution in [0.5, 0.6) is 0 Å². The third-order valence-electron chi connectivity index (χ3n) is 5.73. The molecule has 0 saturated carbocycles. The molecule has 1 aromatic rings. The summed E-state index contributed by atoms with van der Waals surface area (Å²) in [5.41, 5.74) is 1.34. The van der Waals surface area contributed by atoms with Crippen molar-refractivity contribution in [3.05, 3.63) is 30.1 Å². The van der Waals surface area contributed by atoms with Gasteiger partial charge >= 0.3 is 0 Å². The van der Waals surface area contributed by atoms with E-state index in [0.29, 0.717) is 6.04 Å². The predicted molar refractivity (Wildman–Crippen MR) is 104 cm³/mol. The van der Waals surface area contributed by atoms with Gasteiger partial charge in [-0.2, -0.15) is 0 Å². The molecule has 6 heteroatoms. The third kappa shape index (κ3) is 5.50. The van der Waals surface area contributed by atoms with Gasteiger partial charge in [-0.1, -0.05) is 0 Å². The number of rotatable bonds is 7. The minimum Gasteiger partial charge on any atom is -0.355 e. The molecular formula is C20H33N5O. The first-order valence-electron chi connectivity index (χ1n) is 10.0. The Balaban J connectivity index is 1.43. The molecule has 0 radical (unpaired) electrons. The lowest BCUT2D eigenvalue weighted by Crippen LogP contribution is -2.51. The van der Waals surface area contributed by atoms with E-state index in [1.807, 2.05) is 19.4 Å². The van der Waals surface area contributed by atoms with Crippen LogP contribution < -0.4 is 10.6 Å². The standard InChI is InChI=1S/C20H33N5O/c1-21-10-11-23-20(26)18-3-2-12-25(16-18)19-6-13-24(14-7-19)15-17-4-8-22-9-5-17/h4-5,8-9,18-19,21H,2-3,6-7,10-16H2,1H3,(H,23,26). The molecule has 2 saturated heterocycles. The summed E-state index contributed by atoms with van der Waals surface area (Å²) in [5.74, 6) is 0.399. The predicted octanol–water partition coefficient (Wildman–Crippen LogP) is 1.09. The van der Waals surface area contributed by atoms with Crippen molar-refractivity contribution in [1.29, 1.82) is 0 Å². The summed E-state index contributed by atoms with van der Waals surface area (Å²) < 4.78 is 0. The lowest BCUT2D eigenvalue weighted by molar-refractivity contribution is -0.127. The SMILES string of the molecule is CNCCNC(=O)C1CCCN(C2CCN(Cc3ccncc3)CC2)C1. The number of carbonyl (C=O) groups is 1. The molecular weight excluding hydrogens is 326 g/mol. The average Bonchev–Trinajstić information content (AvgIpc) is 2.69. The fourth-order valence-corrected chi connectivity index (χ4v) is 4.20. The smallest absolute Gasteiger partial charge is 0.224 e. The van der Waals surface area contributed by atoms with Gasteiger partial charge in [0.2, 0.25) is 5.91 Å². The van der Waals surface area contributed by atoms with Gasteiger partial charge in [0.05, 0.1) is 5.92 Å². The molecule has 3 heterocycles. The van der Waals surface area contributed by atoms with Gasteiger partial charge < -0.3 is 10.6 Å². The normalized spacial score (nSPS) is 23.0. The fourth-order valence-electron chi connectivity index (χ4n) is 4.20. The summed E-state index contributed by atoms with van der Waals surface area (Å²) in [6.45, 7) is 6.93. The molecule has 1 aromatic heterocycles. The topological polar surface area (TPSA) is 60.5 Å². The highest BCUT2D eigenvalue weighted by Crippen LogP contribution is 2.24. The number of likely N-dealkylation sites (tertiary alicyclic amines) is 2. The van der Waals surface area contributed by atoms with Gasteiger partial charge in [-0.25, -0.2) is 0 Å². The Bertz CT molecular complexity index is 544. The Morgan fingerprint density at radius 1 is 1.15 bits per heavy atom. The maximum Gasteiger partial charge on any atom is 0.224 e. The summed E-state index contributed by atoms with van der Waals surface area (Å²) in [6.07, 6.45) is 8.33. The van der Waals surface area contributed by atoms with E-state index in [1.165, 1.54) is 18.4 Å². The zero-order valence-electron chi connectivity index (χ0n) is 16.0. The second-order valence-electron chi connectivity index (χ2n) is 7.59. The van der Waals surface area contributed by atoms with Gasteiger partial charge in [0.15, 0.2) is 0 Å². The van der Waals surface area contributed by atoms with Gasteiger partial charge in [0, 0.05) is 44.6 Å². The van der Waals surface area contributed by atoms with E-state index in [9.17, 15) is 4.79 Å². The number of hydrogen-bond donors (Lipinski definition) is 2. The highest BCUT2D eigenvalue weighted by atomic mass is 16.1. The average molecular weight is 360 g/mol. The van der Waals surface area contributed by atoms with Crippen molar-refractivity contribution in [2.75, 3.05) is 46.3 Å². The Morgan fingerprint density at radius 2 is 1.92 bits per heavy atom. The number of amides is 1. The minimum atomic E-state index is 0.162. The molecule has 2 aliphatic heterocycles. The molecule has 144 valence electrons. The molecule has 3 rings (SSSR count). The first-order chi connectivity index (χ1) is 12.8. The van der Waals surface area contributed by atoms with Crippen LogP contribution in [-0.2, 0) is 11.3 Å². The van der Waals surface area contributed by atoms with Crippen molar-refractivity contribution in [1.82, 2.24) is 25.4 Å². The first-order valence-corrected chi connectivity index (χ1v) is 10.0. The summed E-state index contributed by atoms with van der Waals surface area (Å²) in [7, 11) is 1.91. The number of piperidine rings is 2. The van der Waals surface area contributed by atoms with E-state index in [-0.39, 0.29) is 11.8 Å². The Labute approximate surface area is 157 Å². The molecule has 6 nitrogen and oxygen atoms in total. The van der Waals surface area contributed by atoms with Crippen molar-refractivity contribution in [2.24, 2.45) is 5.92 Å². The molecule has 2 fully saturated rings. The number of likely N-dealkylation sites (N-methyl/N-ethyl adjacent to an activating group) is 1. The maximum atomic E-state index is 12.4. The van der Waals surface area contributed by atoms with E-state index in [2.05, 4.69) is 37.6 Å². The van der Waals surface area contributed by atoms with Crippen molar-refractivity contribution in [2.45, 2.75) is 38.3 Å². The summed E-state index contributed by atoms with van der Waals surface area (Å²) in [6, 6.07) is 4.85. The van der Waals surface area contributed by atoms with E-state index in [0.717, 1.165) is 58.7 Å². The van der Waals surface area contributed by atoms with Crippen LogP contribution in [0.25, 0.3) is 0 Å². The number of nitrogens with zero attached hydrogens (tertiary/aromatic N) is 3. The highest BCUT2D eigenvalue weighted by Gasteiger charge is 2.31. The Morgan fingerprint density at radius 3 is 2.65 bits per heavy atom. The second-order valence-corrected chi connectivity index (χ2v) is 7.59. The van der Waals surface area contributed by atoms with Crippen LogP contribution in [0.15, 0.2) is 24.5 Å². The van der Waals surface area contributed by atoms with Crippen LogP contribution >= 0.6 is 0 Å². The summed E-state index contributed by atoms with van der Waals surface area (Å²) in [4.78, 5) is 21.6. The molecule has 1 unspecified atom stereocenters. The highest BCUT2D eigenvalue weighted by molar-refractivity contribution is 5.78. The van der Waals surface area contributed by atoms with Crippen molar-refractivity contribution in [3.63, 3.8) is 0 Å². The van der Waals surface area contributed by atoms with Crippen LogP contribution in [-0.4, -0.2) is 73.0 Å². The molecule has 0 aliphatic carbocycles. The molecule has 1 atom stereocenters. The van der Waals surface area contributed by atoms with Crippen LogP contribution in [0, 0.1) is 5.92 Å². The van der Waals surface area contributed by atoms with E-state index in [4.69, 9.17) is 0 Å². The van der Waals surface area contributed by atoms with Crippen molar-refractivity contribution >= 4 is 5.91 Å². The lowest BCUT2D eigenvalue weighted by Gasteiger charge is -2.42. The Hall–Kier alpha value is -1.50. The van der Waals surface area contributed by atoms with Crippen LogP contribution in [0.1, 0.15) is 31.2 Å². The van der Waals surface area contributed by atoms with Crippen molar-refractivity contribution in [3.8, 4) is 0 Å². The van der Waals surface area contributed by atoms with Gasteiger partial charge in [0.25, 0.3) is 0 Å². The minimum absolute atomic E-state index is 0.162. The number of nitrogens with one attached hydrogen (secondary N) is 2. The van der Waals surface area contributed by atoms with Gasteiger partial charge in [-0.15, -0.1) is 0 Å². The van der Waals surface area contributed by atoms with Gasteiger partial charge in [-0.05, 0) is 70.1 Å². The number of carbonyl (C=O) groups excluding carboxylic acids is 1. The molecule has 0 aromatic carbocycles. The van der Waals surface area contributed by atoms with Gasteiger partial charge in [0.1, 0.15) is 0 Å². The molecule has 2 N–H and O–H groups in total. The van der Waals surface area contributed by atoms with Crippen LogP contribution in [0.4, 0.5) is 0 Å². The van der Waals surface area contributed by atoms with E-state index in [1.54, 1.807) is 0 Å². The van der Waals surface area contributed by atoms with Gasteiger partial charge in [-0.3, -0.25) is 19.6 Å². The fraction of sp³-hybridized carbons (Fsp3) is 0.700. The van der Waals surface area contributed by atoms with E-state index < -0.39 is 0 Å². The Kier molecular flexibility index (Phi) is 7.41. The molecule has 0 bridgehead atoms. The van der Waals surface area contributed by atoms with Crippen LogP contribution in [0.3, 0.4) is 0 Å². The second kappa shape index (κ2) is 10.00. The first kappa shape index (κ1) is 19.3. The molecule has 1 amide bonds. The van der Waals surface area contributed by atoms with Crippen LogP contribution in [0.2, 0.25) is 0 Å². The quantitative estimate of drug-likeness (QED) is 0.714. The summed E-state index contributed by atoms with van der Waals surface area (Å²) >= 11 is 0. The zero-order chi connectivity index (χ0) is 18.2. The molecule has 26 heavy (non-hydrogen) atoms. The number of aromatic nitrogens is 1. The zero-order valence-corrected chi connectivity index (χ0v) is 16.0. The van der Waals surface area contributed by atoms with E-state index >= 15 is 0 Å². The number of hydrogen-bond acceptors (Lipinski definition) is 5. The lowest BCUT2D eigenvalue weighted by atomic mass is 9.93. The summed E-state index contributed by atoms with van der Waals surface area (Å²) in [5, 5.41) is 6.14. The molecule has 0 spiro atoms. The molecule has 2 aliphatic rings. The third-order valence-corrected chi connectivity index (χ3v) is 5.73. The van der Waals surface area contributed by atoms with Crippen molar-refractivity contribution < 1.29 is 4.79 Å². The monoisotopic (exact) mass is 359 g/mol. The maximum absolute atomic E-state index is 12.4. The number of pyridine rings is 1. The largest absolute Gasteiger partial charge is 0.355 e.